The number of benzene rings is 1. The number of nitrogens with zero attached hydrogens (tertiary/aromatic N) is 1. The first kappa shape index (κ1) is 16.4. The molecule has 19 heavy (non-hydrogen) atoms. The Morgan fingerprint density at radius 1 is 1.37 bits per heavy atom. The molecule has 1 N–H and O–H groups in total. The first-order valence-electron chi connectivity index (χ1n) is 6.00. The third-order valence-electron chi connectivity index (χ3n) is 2.54. The molecule has 1 aromatic rings. The van der Waals surface area contributed by atoms with Gasteiger partial charge in [0.25, 0.3) is 5.91 Å². The summed E-state index contributed by atoms with van der Waals surface area (Å²) in [5, 5.41) is 2.70. The van der Waals surface area contributed by atoms with Crippen molar-refractivity contribution in [2.75, 3.05) is 19.6 Å². The smallest absolute Gasteiger partial charge is 0.255 e. The van der Waals surface area contributed by atoms with E-state index in [0.717, 1.165) is 8.04 Å². The normalized spacial score (nSPS) is 10.1. The van der Waals surface area contributed by atoms with E-state index in [1.807, 2.05) is 26.0 Å². The lowest BCUT2D eigenvalue weighted by Gasteiger charge is -2.21. The van der Waals surface area contributed by atoms with Crippen LogP contribution < -0.4 is 5.32 Å². The summed E-state index contributed by atoms with van der Waals surface area (Å²) in [6, 6.07) is 5.54. The van der Waals surface area contributed by atoms with Crippen LogP contribution in [0.2, 0.25) is 0 Å². The van der Waals surface area contributed by atoms with Crippen molar-refractivity contribution in [3.63, 3.8) is 0 Å². The van der Waals surface area contributed by atoms with Gasteiger partial charge in [0.15, 0.2) is 0 Å². The first-order valence-corrected chi connectivity index (χ1v) is 7.87. The van der Waals surface area contributed by atoms with Crippen molar-refractivity contribution >= 4 is 50.3 Å². The topological polar surface area (TPSA) is 49.4 Å². The lowest BCUT2D eigenvalue weighted by atomic mass is 10.2. The van der Waals surface area contributed by atoms with Crippen molar-refractivity contribution in [3.05, 3.63) is 31.8 Å². The fourth-order valence-electron chi connectivity index (χ4n) is 1.59. The van der Waals surface area contributed by atoms with E-state index in [1.165, 1.54) is 4.90 Å². The van der Waals surface area contributed by atoms with Gasteiger partial charge in [0.1, 0.15) is 0 Å². The molecule has 0 heterocycles. The monoisotopic (exact) mass is 438 g/mol. The summed E-state index contributed by atoms with van der Waals surface area (Å²) < 4.78 is 1.73. The molecule has 1 aromatic carbocycles. The largest absolute Gasteiger partial charge is 0.355 e. The highest BCUT2D eigenvalue weighted by Gasteiger charge is 2.19. The van der Waals surface area contributed by atoms with Crippen molar-refractivity contribution in [2.24, 2.45) is 0 Å². The predicted octanol–water partition coefficient (Wildman–Crippen LogP) is 2.65. The second-order valence-electron chi connectivity index (χ2n) is 3.90. The minimum atomic E-state index is -0.136. The minimum Gasteiger partial charge on any atom is -0.355 e. The third kappa shape index (κ3) is 4.76. The van der Waals surface area contributed by atoms with Gasteiger partial charge in [0, 0.05) is 21.1 Å². The summed E-state index contributed by atoms with van der Waals surface area (Å²) in [6.07, 6.45) is 0. The maximum atomic E-state index is 12.4. The molecular formula is C13H16BrIN2O2. The van der Waals surface area contributed by atoms with Crippen LogP contribution in [0, 0.1) is 3.57 Å². The number of rotatable bonds is 5. The number of hydrogen-bond acceptors (Lipinski definition) is 2. The van der Waals surface area contributed by atoms with Gasteiger partial charge in [-0.05, 0) is 54.6 Å². The zero-order valence-corrected chi connectivity index (χ0v) is 14.6. The Morgan fingerprint density at radius 2 is 2.05 bits per heavy atom. The fraction of sp³-hybridized carbons (Fsp3) is 0.385. The third-order valence-corrected chi connectivity index (χ3v) is 3.97. The Kier molecular flexibility index (Phi) is 6.78. The first-order chi connectivity index (χ1) is 8.99. The number of nitrogens with one attached hydrogen (secondary N) is 1. The van der Waals surface area contributed by atoms with Crippen LogP contribution in [0.3, 0.4) is 0 Å². The molecule has 0 aromatic heterocycles. The van der Waals surface area contributed by atoms with E-state index in [4.69, 9.17) is 0 Å². The molecule has 104 valence electrons. The summed E-state index contributed by atoms with van der Waals surface area (Å²) in [4.78, 5) is 25.5. The van der Waals surface area contributed by atoms with Crippen LogP contribution in [0.15, 0.2) is 22.7 Å². The van der Waals surface area contributed by atoms with Crippen LogP contribution in [-0.2, 0) is 4.79 Å². The maximum absolute atomic E-state index is 12.4. The molecule has 0 aliphatic rings. The summed E-state index contributed by atoms with van der Waals surface area (Å²) in [6.45, 7) is 4.87. The van der Waals surface area contributed by atoms with Gasteiger partial charge in [-0.2, -0.15) is 0 Å². The van der Waals surface area contributed by atoms with Gasteiger partial charge >= 0.3 is 0 Å². The van der Waals surface area contributed by atoms with Gasteiger partial charge in [0.05, 0.1) is 12.1 Å². The molecule has 0 saturated heterocycles. The number of likely N-dealkylation sites (N-methyl/N-ethyl adjacent to an activating group) is 2. The van der Waals surface area contributed by atoms with E-state index >= 15 is 0 Å². The molecule has 4 nitrogen and oxygen atoms in total. The molecule has 0 unspecified atom stereocenters. The van der Waals surface area contributed by atoms with Crippen molar-refractivity contribution in [2.45, 2.75) is 13.8 Å². The lowest BCUT2D eigenvalue weighted by Crippen LogP contribution is -2.40. The second kappa shape index (κ2) is 7.84. The molecule has 0 saturated carbocycles. The van der Waals surface area contributed by atoms with Crippen molar-refractivity contribution in [3.8, 4) is 0 Å². The van der Waals surface area contributed by atoms with Gasteiger partial charge in [-0.15, -0.1) is 0 Å². The van der Waals surface area contributed by atoms with Crippen molar-refractivity contribution in [1.82, 2.24) is 10.2 Å². The van der Waals surface area contributed by atoms with E-state index in [2.05, 4.69) is 43.8 Å². The number of carbonyl (C=O) groups excluding carboxylic acids is 2. The molecule has 0 bridgehead atoms. The van der Waals surface area contributed by atoms with E-state index < -0.39 is 0 Å². The summed E-state index contributed by atoms with van der Waals surface area (Å²) in [7, 11) is 0. The van der Waals surface area contributed by atoms with Gasteiger partial charge < -0.3 is 10.2 Å². The number of amides is 2. The van der Waals surface area contributed by atoms with Crippen LogP contribution in [0.25, 0.3) is 0 Å². The Hall–Kier alpha value is -0.630. The molecule has 0 radical (unpaired) electrons. The highest BCUT2D eigenvalue weighted by atomic mass is 127. The Labute approximate surface area is 135 Å². The quantitative estimate of drug-likeness (QED) is 0.718. The van der Waals surface area contributed by atoms with E-state index in [9.17, 15) is 9.59 Å². The van der Waals surface area contributed by atoms with Crippen molar-refractivity contribution in [1.29, 1.82) is 0 Å². The molecule has 0 atom stereocenters. The molecule has 1 rings (SSSR count). The molecular weight excluding hydrogens is 423 g/mol. The molecule has 0 aliphatic heterocycles. The average molecular weight is 439 g/mol. The highest BCUT2D eigenvalue weighted by Crippen LogP contribution is 2.20. The molecule has 6 heteroatoms. The van der Waals surface area contributed by atoms with Gasteiger partial charge in [-0.3, -0.25) is 9.59 Å². The van der Waals surface area contributed by atoms with Gasteiger partial charge in [-0.1, -0.05) is 15.9 Å². The van der Waals surface area contributed by atoms with Crippen LogP contribution in [0.1, 0.15) is 24.2 Å². The van der Waals surface area contributed by atoms with Gasteiger partial charge in [-0.25, -0.2) is 0 Å². The Morgan fingerprint density at radius 3 is 2.63 bits per heavy atom. The number of hydrogen-bond donors (Lipinski definition) is 1. The SMILES string of the molecule is CCNC(=O)CN(CC)C(=O)c1cc(Br)ccc1I. The summed E-state index contributed by atoms with van der Waals surface area (Å²) in [5.74, 6) is -0.262. The van der Waals surface area contributed by atoms with Crippen LogP contribution in [0.4, 0.5) is 0 Å². The average Bonchev–Trinajstić information content (AvgIpc) is 2.38. The maximum Gasteiger partial charge on any atom is 0.255 e. The number of halogens is 2. The van der Waals surface area contributed by atoms with Crippen LogP contribution >= 0.6 is 38.5 Å². The fourth-order valence-corrected chi connectivity index (χ4v) is 2.51. The summed E-state index contributed by atoms with van der Waals surface area (Å²) in [5.41, 5.74) is 0.612. The predicted molar refractivity (Wildman–Crippen MR) is 87.1 cm³/mol. The second-order valence-corrected chi connectivity index (χ2v) is 5.97. The van der Waals surface area contributed by atoms with Crippen LogP contribution in [0.5, 0.6) is 0 Å². The number of carbonyl (C=O) groups is 2. The molecule has 0 aliphatic carbocycles. The zero-order chi connectivity index (χ0) is 14.4. The van der Waals surface area contributed by atoms with E-state index in [1.54, 1.807) is 6.07 Å². The Bertz CT molecular complexity index is 480. The molecule has 0 spiro atoms. The van der Waals surface area contributed by atoms with E-state index in [-0.39, 0.29) is 18.4 Å². The Balaban J connectivity index is 2.89. The standard InChI is InChI=1S/C13H16BrIN2O2/c1-3-16-12(18)8-17(4-2)13(19)10-7-9(14)5-6-11(10)15/h5-7H,3-4,8H2,1-2H3,(H,16,18). The van der Waals surface area contributed by atoms with Crippen LogP contribution in [-0.4, -0.2) is 36.3 Å². The van der Waals surface area contributed by atoms with E-state index in [0.29, 0.717) is 18.7 Å². The summed E-state index contributed by atoms with van der Waals surface area (Å²) >= 11 is 5.48. The molecule has 2 amide bonds. The van der Waals surface area contributed by atoms with Crippen molar-refractivity contribution < 1.29 is 9.59 Å². The van der Waals surface area contributed by atoms with Gasteiger partial charge in [0.2, 0.25) is 5.91 Å². The molecule has 0 fully saturated rings. The minimum absolute atomic E-state index is 0.0891. The zero-order valence-electron chi connectivity index (χ0n) is 10.9. The lowest BCUT2D eigenvalue weighted by molar-refractivity contribution is -0.121. The highest BCUT2D eigenvalue weighted by molar-refractivity contribution is 14.1.